The van der Waals surface area contributed by atoms with Gasteiger partial charge in [0.05, 0.1) is 17.8 Å². The Hall–Kier alpha value is -1.94. The highest BCUT2D eigenvalue weighted by Crippen LogP contribution is 2.32. The number of ether oxygens (including phenoxy) is 2. The van der Waals surface area contributed by atoms with Crippen LogP contribution >= 0.6 is 11.6 Å². The Kier molecular flexibility index (Phi) is 3.58. The first-order valence-electron chi connectivity index (χ1n) is 5.17. The van der Waals surface area contributed by atoms with E-state index in [0.29, 0.717) is 17.2 Å². The lowest BCUT2D eigenvalue weighted by atomic mass is 10.2. The van der Waals surface area contributed by atoms with Crippen LogP contribution in [0.5, 0.6) is 17.2 Å². The number of halogens is 2. The van der Waals surface area contributed by atoms with Crippen molar-refractivity contribution in [3.63, 3.8) is 0 Å². The quantitative estimate of drug-likeness (QED) is 0.859. The lowest BCUT2D eigenvalue weighted by Crippen LogP contribution is -1.94. The van der Waals surface area contributed by atoms with Crippen LogP contribution in [0.4, 0.5) is 10.1 Å². The molecule has 0 heterocycles. The first kappa shape index (κ1) is 12.5. The van der Waals surface area contributed by atoms with E-state index in [9.17, 15) is 4.39 Å². The first-order valence-corrected chi connectivity index (χ1v) is 5.55. The molecule has 0 aromatic heterocycles. The second-order valence-corrected chi connectivity index (χ2v) is 3.96. The maximum absolute atomic E-state index is 13.6. The van der Waals surface area contributed by atoms with Gasteiger partial charge in [-0.2, -0.15) is 0 Å². The molecule has 0 atom stereocenters. The van der Waals surface area contributed by atoms with E-state index in [1.807, 2.05) is 0 Å². The number of nitrogen functional groups attached to an aromatic ring is 1. The van der Waals surface area contributed by atoms with E-state index < -0.39 is 5.82 Å². The molecule has 0 saturated heterocycles. The topological polar surface area (TPSA) is 44.5 Å². The molecule has 2 aromatic rings. The maximum Gasteiger partial charge on any atom is 0.184 e. The molecular weight excluding hydrogens is 257 g/mol. The smallest absolute Gasteiger partial charge is 0.184 e. The number of anilines is 1. The predicted molar refractivity (Wildman–Crippen MR) is 68.9 cm³/mol. The molecule has 0 unspecified atom stereocenters. The van der Waals surface area contributed by atoms with Crippen LogP contribution in [-0.2, 0) is 0 Å². The summed E-state index contributed by atoms with van der Waals surface area (Å²) in [6.07, 6.45) is 0. The van der Waals surface area contributed by atoms with Crippen LogP contribution in [0.3, 0.4) is 0 Å². The number of hydrogen-bond acceptors (Lipinski definition) is 3. The molecule has 0 amide bonds. The number of methoxy groups -OCH3 is 1. The van der Waals surface area contributed by atoms with Crippen LogP contribution in [0.2, 0.25) is 5.02 Å². The summed E-state index contributed by atoms with van der Waals surface area (Å²) in [5.74, 6) is 0.335. The number of benzene rings is 2. The van der Waals surface area contributed by atoms with Crippen molar-refractivity contribution in [1.82, 2.24) is 0 Å². The molecule has 5 heteroatoms. The third-order valence-electron chi connectivity index (χ3n) is 2.35. The summed E-state index contributed by atoms with van der Waals surface area (Å²) in [7, 11) is 1.50. The molecule has 0 fully saturated rings. The highest BCUT2D eigenvalue weighted by atomic mass is 35.5. The Bertz CT molecular complexity index is 575. The molecule has 3 nitrogen and oxygen atoms in total. The minimum atomic E-state index is -0.602. The minimum absolute atomic E-state index is 0.00918. The second kappa shape index (κ2) is 5.14. The van der Waals surface area contributed by atoms with E-state index in [1.165, 1.54) is 19.2 Å². The van der Waals surface area contributed by atoms with Crippen molar-refractivity contribution in [2.75, 3.05) is 12.8 Å². The van der Waals surface area contributed by atoms with Gasteiger partial charge in [-0.05, 0) is 24.3 Å². The highest BCUT2D eigenvalue weighted by Gasteiger charge is 2.09. The van der Waals surface area contributed by atoms with Gasteiger partial charge in [-0.25, -0.2) is 4.39 Å². The molecule has 0 bridgehead atoms. The maximum atomic E-state index is 13.6. The first-order chi connectivity index (χ1) is 8.61. The van der Waals surface area contributed by atoms with Crippen molar-refractivity contribution in [2.24, 2.45) is 0 Å². The van der Waals surface area contributed by atoms with Gasteiger partial charge >= 0.3 is 0 Å². The summed E-state index contributed by atoms with van der Waals surface area (Å²) in [6, 6.07) is 9.37. The van der Waals surface area contributed by atoms with Gasteiger partial charge in [0.25, 0.3) is 0 Å². The third kappa shape index (κ3) is 2.49. The summed E-state index contributed by atoms with van der Waals surface area (Å²) in [5.41, 5.74) is 6.15. The number of rotatable bonds is 3. The van der Waals surface area contributed by atoms with Gasteiger partial charge in [0.1, 0.15) is 11.5 Å². The fraction of sp³-hybridized carbons (Fsp3) is 0.0769. The van der Waals surface area contributed by atoms with Gasteiger partial charge in [0.15, 0.2) is 11.6 Å². The fourth-order valence-electron chi connectivity index (χ4n) is 1.44. The van der Waals surface area contributed by atoms with E-state index >= 15 is 0 Å². The monoisotopic (exact) mass is 267 g/mol. The molecule has 0 aliphatic carbocycles. The zero-order chi connectivity index (χ0) is 13.1. The largest absolute Gasteiger partial charge is 0.494 e. The summed E-state index contributed by atoms with van der Waals surface area (Å²) in [5, 5.41) is 0.00918. The molecule has 0 radical (unpaired) electrons. The summed E-state index contributed by atoms with van der Waals surface area (Å²) in [4.78, 5) is 0. The molecule has 0 aliphatic heterocycles. The van der Waals surface area contributed by atoms with E-state index in [1.54, 1.807) is 24.3 Å². The van der Waals surface area contributed by atoms with Crippen molar-refractivity contribution in [3.8, 4) is 17.2 Å². The van der Waals surface area contributed by atoms with Crippen LogP contribution in [0.15, 0.2) is 36.4 Å². The number of hydrogen-bond donors (Lipinski definition) is 1. The van der Waals surface area contributed by atoms with Crippen LogP contribution in [0.25, 0.3) is 0 Å². The lowest BCUT2D eigenvalue weighted by molar-refractivity contribution is 0.407. The van der Waals surface area contributed by atoms with E-state index in [-0.39, 0.29) is 10.8 Å². The Morgan fingerprint density at radius 2 is 1.94 bits per heavy atom. The van der Waals surface area contributed by atoms with Crippen LogP contribution in [-0.4, -0.2) is 7.11 Å². The zero-order valence-electron chi connectivity index (χ0n) is 9.61. The third-order valence-corrected chi connectivity index (χ3v) is 2.64. The average molecular weight is 268 g/mol. The van der Waals surface area contributed by atoms with Crippen LogP contribution in [0.1, 0.15) is 0 Å². The predicted octanol–water partition coefficient (Wildman–Crippen LogP) is 3.86. The average Bonchev–Trinajstić information content (AvgIpc) is 2.37. The molecule has 94 valence electrons. The van der Waals surface area contributed by atoms with Crippen molar-refractivity contribution in [3.05, 3.63) is 47.2 Å². The molecule has 18 heavy (non-hydrogen) atoms. The number of nitrogens with two attached hydrogens (primary N) is 1. The molecule has 2 N–H and O–H groups in total. The Morgan fingerprint density at radius 3 is 2.67 bits per heavy atom. The lowest BCUT2D eigenvalue weighted by Gasteiger charge is -2.10. The van der Waals surface area contributed by atoms with Crippen molar-refractivity contribution in [2.45, 2.75) is 0 Å². The Labute approximate surface area is 109 Å². The summed E-state index contributed by atoms with van der Waals surface area (Å²) in [6.45, 7) is 0. The molecule has 2 aromatic carbocycles. The van der Waals surface area contributed by atoms with E-state index in [4.69, 9.17) is 26.8 Å². The molecule has 2 rings (SSSR count). The Balaban J connectivity index is 2.31. The minimum Gasteiger partial charge on any atom is -0.494 e. The normalized spacial score (nSPS) is 10.2. The highest BCUT2D eigenvalue weighted by molar-refractivity contribution is 6.30. The molecule has 0 aliphatic rings. The van der Waals surface area contributed by atoms with Gasteiger partial charge in [-0.15, -0.1) is 0 Å². The van der Waals surface area contributed by atoms with Gasteiger partial charge in [-0.1, -0.05) is 17.7 Å². The standard InChI is InChI=1S/C13H11ClFNO2/c1-17-12-7-8(5-6-10(12)16)18-11-4-2-3-9(14)13(11)15/h2-7H,16H2,1H3. The van der Waals surface area contributed by atoms with Crippen molar-refractivity contribution in [1.29, 1.82) is 0 Å². The molecular formula is C13H11ClFNO2. The fourth-order valence-corrected chi connectivity index (χ4v) is 1.61. The van der Waals surface area contributed by atoms with Crippen molar-refractivity contribution < 1.29 is 13.9 Å². The van der Waals surface area contributed by atoms with Crippen LogP contribution < -0.4 is 15.2 Å². The SMILES string of the molecule is COc1cc(Oc2cccc(Cl)c2F)ccc1N. The van der Waals surface area contributed by atoms with Gasteiger partial charge < -0.3 is 15.2 Å². The summed E-state index contributed by atoms with van der Waals surface area (Å²) >= 11 is 5.66. The van der Waals surface area contributed by atoms with Crippen LogP contribution in [0, 0.1) is 5.82 Å². The van der Waals surface area contributed by atoms with E-state index in [0.717, 1.165) is 0 Å². The van der Waals surface area contributed by atoms with Crippen molar-refractivity contribution >= 4 is 17.3 Å². The second-order valence-electron chi connectivity index (χ2n) is 3.56. The van der Waals surface area contributed by atoms with E-state index in [2.05, 4.69) is 0 Å². The van der Waals surface area contributed by atoms with Gasteiger partial charge in [-0.3, -0.25) is 0 Å². The molecule has 0 saturated carbocycles. The van der Waals surface area contributed by atoms with Gasteiger partial charge in [0, 0.05) is 6.07 Å². The Morgan fingerprint density at radius 1 is 1.17 bits per heavy atom. The zero-order valence-corrected chi connectivity index (χ0v) is 10.4. The summed E-state index contributed by atoms with van der Waals surface area (Å²) < 4.78 is 24.1. The van der Waals surface area contributed by atoms with Gasteiger partial charge in [0.2, 0.25) is 0 Å². The molecule has 0 spiro atoms.